The summed E-state index contributed by atoms with van der Waals surface area (Å²) < 4.78 is 12.1. The molecule has 0 saturated carbocycles. The van der Waals surface area contributed by atoms with E-state index in [4.69, 9.17) is 9.47 Å². The lowest BCUT2D eigenvalue weighted by Gasteiger charge is -2.31. The van der Waals surface area contributed by atoms with Gasteiger partial charge in [0.1, 0.15) is 30.2 Å². The SMILES string of the molecule is COc1cc(NC(=O)Cn2ncc3c(N4CCC(C)CC4)ncnc32)cc(OC)c1. The van der Waals surface area contributed by atoms with Gasteiger partial charge in [-0.25, -0.2) is 14.6 Å². The molecule has 3 heterocycles. The number of carbonyl (C=O) groups excluding carboxylic acids is 1. The number of aromatic nitrogens is 4. The molecule has 0 aliphatic carbocycles. The first kappa shape index (κ1) is 19.9. The van der Waals surface area contributed by atoms with Gasteiger partial charge in [-0.2, -0.15) is 5.10 Å². The van der Waals surface area contributed by atoms with Crippen molar-refractivity contribution in [3.8, 4) is 11.5 Å². The second kappa shape index (κ2) is 8.56. The standard InChI is InChI=1S/C21H26N6O3/c1-14-4-6-26(7-5-14)20-18-11-24-27(21(18)23-13-22-20)12-19(28)25-15-8-16(29-2)10-17(9-15)30-3/h8-11,13-14H,4-7,12H2,1-3H3,(H,25,28). The molecule has 9 heteroatoms. The maximum absolute atomic E-state index is 12.6. The van der Waals surface area contributed by atoms with Crippen LogP contribution in [0.15, 0.2) is 30.7 Å². The van der Waals surface area contributed by atoms with Crippen molar-refractivity contribution in [3.63, 3.8) is 0 Å². The quantitative estimate of drug-likeness (QED) is 0.668. The Labute approximate surface area is 175 Å². The van der Waals surface area contributed by atoms with E-state index in [0.717, 1.165) is 43.1 Å². The van der Waals surface area contributed by atoms with E-state index in [-0.39, 0.29) is 12.5 Å². The molecule has 1 aliphatic rings. The van der Waals surface area contributed by atoms with Crippen LogP contribution in [0.1, 0.15) is 19.8 Å². The van der Waals surface area contributed by atoms with Crippen molar-refractivity contribution in [1.82, 2.24) is 19.7 Å². The predicted octanol–water partition coefficient (Wildman–Crippen LogP) is 2.72. The maximum atomic E-state index is 12.6. The number of nitrogens with zero attached hydrogens (tertiary/aromatic N) is 5. The molecule has 3 aromatic rings. The Bertz CT molecular complexity index is 1020. The van der Waals surface area contributed by atoms with Gasteiger partial charge in [-0.15, -0.1) is 0 Å². The molecule has 4 rings (SSSR count). The summed E-state index contributed by atoms with van der Waals surface area (Å²) in [5.41, 5.74) is 1.24. The van der Waals surface area contributed by atoms with Gasteiger partial charge >= 0.3 is 0 Å². The number of amides is 1. The number of hydrogen-bond donors (Lipinski definition) is 1. The zero-order valence-electron chi connectivity index (χ0n) is 17.5. The molecule has 1 N–H and O–H groups in total. The zero-order valence-corrected chi connectivity index (χ0v) is 17.5. The van der Waals surface area contributed by atoms with Crippen molar-refractivity contribution < 1.29 is 14.3 Å². The second-order valence-electron chi connectivity index (χ2n) is 7.56. The van der Waals surface area contributed by atoms with E-state index in [1.54, 1.807) is 49.6 Å². The maximum Gasteiger partial charge on any atom is 0.246 e. The Morgan fingerprint density at radius 1 is 1.13 bits per heavy atom. The average molecular weight is 410 g/mol. The van der Waals surface area contributed by atoms with Gasteiger partial charge in [0.25, 0.3) is 0 Å². The number of hydrogen-bond acceptors (Lipinski definition) is 7. The average Bonchev–Trinajstić information content (AvgIpc) is 3.16. The van der Waals surface area contributed by atoms with Crippen molar-refractivity contribution >= 4 is 28.4 Å². The van der Waals surface area contributed by atoms with E-state index in [9.17, 15) is 4.79 Å². The van der Waals surface area contributed by atoms with Gasteiger partial charge in [-0.1, -0.05) is 6.92 Å². The van der Waals surface area contributed by atoms with Gasteiger partial charge in [0.15, 0.2) is 5.65 Å². The van der Waals surface area contributed by atoms with E-state index in [0.29, 0.717) is 22.8 Å². The molecule has 1 aliphatic heterocycles. The molecule has 9 nitrogen and oxygen atoms in total. The summed E-state index contributed by atoms with van der Waals surface area (Å²) in [4.78, 5) is 23.8. The fourth-order valence-corrected chi connectivity index (χ4v) is 3.68. The first-order valence-electron chi connectivity index (χ1n) is 10.0. The van der Waals surface area contributed by atoms with Crippen LogP contribution in [-0.4, -0.2) is 53.0 Å². The molecule has 1 fully saturated rings. The van der Waals surface area contributed by atoms with Crippen LogP contribution in [0.5, 0.6) is 11.5 Å². The van der Waals surface area contributed by atoms with Crippen LogP contribution < -0.4 is 19.7 Å². The van der Waals surface area contributed by atoms with E-state index >= 15 is 0 Å². The third-order valence-electron chi connectivity index (χ3n) is 5.42. The predicted molar refractivity (Wildman–Crippen MR) is 114 cm³/mol. The highest BCUT2D eigenvalue weighted by Crippen LogP contribution is 2.28. The van der Waals surface area contributed by atoms with E-state index in [1.807, 2.05) is 0 Å². The van der Waals surface area contributed by atoms with Crippen molar-refractivity contribution in [2.24, 2.45) is 5.92 Å². The number of ether oxygens (including phenoxy) is 2. The number of anilines is 2. The molecule has 158 valence electrons. The largest absolute Gasteiger partial charge is 0.497 e. The molecular weight excluding hydrogens is 384 g/mol. The monoisotopic (exact) mass is 410 g/mol. The molecule has 0 bridgehead atoms. The summed E-state index contributed by atoms with van der Waals surface area (Å²) in [6.45, 7) is 4.26. The molecule has 0 radical (unpaired) electrons. The first-order valence-corrected chi connectivity index (χ1v) is 10.0. The van der Waals surface area contributed by atoms with Crippen LogP contribution in [0.2, 0.25) is 0 Å². The summed E-state index contributed by atoms with van der Waals surface area (Å²) >= 11 is 0. The Morgan fingerprint density at radius 2 is 1.83 bits per heavy atom. The normalized spacial score (nSPS) is 14.7. The minimum Gasteiger partial charge on any atom is -0.497 e. The highest BCUT2D eigenvalue weighted by atomic mass is 16.5. The zero-order chi connectivity index (χ0) is 21.1. The summed E-state index contributed by atoms with van der Waals surface area (Å²) in [5, 5.41) is 8.12. The number of rotatable bonds is 6. The summed E-state index contributed by atoms with van der Waals surface area (Å²) in [7, 11) is 3.13. The molecule has 0 atom stereocenters. The van der Waals surface area contributed by atoms with Crippen LogP contribution >= 0.6 is 0 Å². The van der Waals surface area contributed by atoms with Crippen LogP contribution in [0.3, 0.4) is 0 Å². The first-order chi connectivity index (χ1) is 14.6. The smallest absolute Gasteiger partial charge is 0.246 e. The molecule has 30 heavy (non-hydrogen) atoms. The highest BCUT2D eigenvalue weighted by Gasteiger charge is 2.21. The number of carbonyl (C=O) groups is 1. The molecule has 0 unspecified atom stereocenters. The highest BCUT2D eigenvalue weighted by molar-refractivity contribution is 5.93. The van der Waals surface area contributed by atoms with E-state index < -0.39 is 0 Å². The molecule has 2 aromatic heterocycles. The van der Waals surface area contributed by atoms with Gasteiger partial charge in [0.05, 0.1) is 25.8 Å². The number of methoxy groups -OCH3 is 2. The van der Waals surface area contributed by atoms with Gasteiger partial charge in [-0.05, 0) is 18.8 Å². The minimum absolute atomic E-state index is 0.0382. The Morgan fingerprint density at radius 3 is 2.50 bits per heavy atom. The summed E-state index contributed by atoms with van der Waals surface area (Å²) in [6, 6.07) is 5.22. The number of piperidine rings is 1. The number of fused-ring (bicyclic) bond motifs is 1. The Hall–Kier alpha value is -3.36. The molecule has 0 spiro atoms. The van der Waals surface area contributed by atoms with Gasteiger partial charge in [0.2, 0.25) is 5.91 Å². The van der Waals surface area contributed by atoms with Crippen LogP contribution in [0.25, 0.3) is 11.0 Å². The number of benzene rings is 1. The van der Waals surface area contributed by atoms with Crippen molar-refractivity contribution in [3.05, 3.63) is 30.7 Å². The van der Waals surface area contributed by atoms with Crippen molar-refractivity contribution in [2.45, 2.75) is 26.3 Å². The van der Waals surface area contributed by atoms with Gasteiger partial charge < -0.3 is 19.7 Å². The van der Waals surface area contributed by atoms with E-state index in [1.165, 1.54) is 0 Å². The van der Waals surface area contributed by atoms with Crippen molar-refractivity contribution in [1.29, 1.82) is 0 Å². The molecule has 1 amide bonds. The number of nitrogens with one attached hydrogen (secondary N) is 1. The van der Waals surface area contributed by atoms with Crippen LogP contribution in [-0.2, 0) is 11.3 Å². The third-order valence-corrected chi connectivity index (χ3v) is 5.42. The van der Waals surface area contributed by atoms with E-state index in [2.05, 4.69) is 32.2 Å². The third kappa shape index (κ3) is 4.14. The lowest BCUT2D eigenvalue weighted by atomic mass is 9.99. The molecule has 1 aromatic carbocycles. The summed E-state index contributed by atoms with van der Waals surface area (Å²) in [5.74, 6) is 2.60. The molecular formula is C21H26N6O3. The van der Waals surface area contributed by atoms with Crippen molar-refractivity contribution in [2.75, 3.05) is 37.5 Å². The Balaban J connectivity index is 1.52. The topological polar surface area (TPSA) is 94.4 Å². The lowest BCUT2D eigenvalue weighted by Crippen LogP contribution is -2.33. The van der Waals surface area contributed by atoms with Gasteiger partial charge in [-0.3, -0.25) is 4.79 Å². The second-order valence-corrected chi connectivity index (χ2v) is 7.56. The fourth-order valence-electron chi connectivity index (χ4n) is 3.68. The summed E-state index contributed by atoms with van der Waals surface area (Å²) in [6.07, 6.45) is 5.57. The lowest BCUT2D eigenvalue weighted by molar-refractivity contribution is -0.116. The Kier molecular flexibility index (Phi) is 5.69. The molecule has 1 saturated heterocycles. The van der Waals surface area contributed by atoms with Gasteiger partial charge in [0, 0.05) is 37.0 Å². The van der Waals surface area contributed by atoms with Crippen LogP contribution in [0.4, 0.5) is 11.5 Å². The van der Waals surface area contributed by atoms with Crippen LogP contribution in [0, 0.1) is 5.92 Å². The fraction of sp³-hybridized carbons (Fsp3) is 0.429. The minimum atomic E-state index is -0.220.